The van der Waals surface area contributed by atoms with Crippen molar-refractivity contribution in [3.05, 3.63) is 18.0 Å². The monoisotopic (exact) mass is 376 g/mol. The first-order chi connectivity index (χ1) is 13.1. The number of nitrogens with zero attached hydrogens (tertiary/aromatic N) is 5. The molecule has 2 fully saturated rings. The summed E-state index contributed by atoms with van der Waals surface area (Å²) in [5, 5.41) is 7.76. The van der Waals surface area contributed by atoms with Crippen molar-refractivity contribution >= 4 is 5.96 Å². The van der Waals surface area contributed by atoms with E-state index in [2.05, 4.69) is 41.0 Å². The largest absolute Gasteiger partial charge is 0.370 e. The fourth-order valence-electron chi connectivity index (χ4n) is 4.04. The topological polar surface area (TPSA) is 57.9 Å². The van der Waals surface area contributed by atoms with Crippen molar-refractivity contribution in [1.82, 2.24) is 24.9 Å². The van der Waals surface area contributed by atoms with Crippen LogP contribution in [0.25, 0.3) is 0 Å². The van der Waals surface area contributed by atoms with Crippen molar-refractivity contribution in [3.8, 4) is 0 Å². The van der Waals surface area contributed by atoms with E-state index in [9.17, 15) is 0 Å². The molecule has 1 aromatic rings. The maximum absolute atomic E-state index is 5.98. The van der Waals surface area contributed by atoms with Gasteiger partial charge in [-0.2, -0.15) is 5.10 Å². The smallest absolute Gasteiger partial charge is 0.194 e. The number of piperidine rings is 1. The number of nitrogens with one attached hydrogen (secondary N) is 1. The van der Waals surface area contributed by atoms with E-state index in [4.69, 9.17) is 9.73 Å². The van der Waals surface area contributed by atoms with Crippen LogP contribution in [-0.4, -0.2) is 77.5 Å². The predicted molar refractivity (Wildman–Crippen MR) is 109 cm³/mol. The molecule has 7 nitrogen and oxygen atoms in total. The molecule has 3 atom stereocenters. The molecule has 2 aliphatic heterocycles. The third kappa shape index (κ3) is 5.45. The quantitative estimate of drug-likeness (QED) is 0.628. The average molecular weight is 377 g/mol. The van der Waals surface area contributed by atoms with E-state index in [1.807, 2.05) is 24.1 Å². The molecular formula is C20H36N6O. The van der Waals surface area contributed by atoms with Crippen molar-refractivity contribution in [2.75, 3.05) is 45.9 Å². The third-order valence-corrected chi connectivity index (χ3v) is 5.61. The number of aryl methyl sites for hydroxylation is 1. The summed E-state index contributed by atoms with van der Waals surface area (Å²) in [4.78, 5) is 9.91. The van der Waals surface area contributed by atoms with E-state index in [0.29, 0.717) is 12.6 Å². The number of likely N-dealkylation sites (tertiary alicyclic amines) is 1. The zero-order chi connectivity index (χ0) is 19.2. The number of aliphatic imine (C=N–C) groups is 1. The summed E-state index contributed by atoms with van der Waals surface area (Å²) in [6.07, 6.45) is 6.66. The van der Waals surface area contributed by atoms with Gasteiger partial charge in [-0.3, -0.25) is 14.6 Å². The molecule has 1 aromatic heterocycles. The Labute approximate surface area is 163 Å². The lowest BCUT2D eigenvalue weighted by molar-refractivity contribution is -0.00809. The second-order valence-electron chi connectivity index (χ2n) is 8.04. The number of hydrogen-bond acceptors (Lipinski definition) is 4. The highest BCUT2D eigenvalue weighted by Gasteiger charge is 2.26. The Balaban J connectivity index is 1.62. The van der Waals surface area contributed by atoms with E-state index < -0.39 is 0 Å². The summed E-state index contributed by atoms with van der Waals surface area (Å²) < 4.78 is 7.81. The highest BCUT2D eigenvalue weighted by atomic mass is 16.5. The lowest BCUT2D eigenvalue weighted by Crippen LogP contribution is -2.49. The fourth-order valence-corrected chi connectivity index (χ4v) is 4.04. The van der Waals surface area contributed by atoms with Crippen LogP contribution in [0.1, 0.15) is 45.3 Å². The van der Waals surface area contributed by atoms with Crippen molar-refractivity contribution in [2.45, 2.75) is 45.8 Å². The molecule has 27 heavy (non-hydrogen) atoms. The minimum absolute atomic E-state index is 0.0525. The molecule has 1 N–H and O–H groups in total. The number of guanidine groups is 1. The Hall–Kier alpha value is -1.60. The maximum Gasteiger partial charge on any atom is 0.194 e. The van der Waals surface area contributed by atoms with E-state index >= 15 is 0 Å². The van der Waals surface area contributed by atoms with Crippen LogP contribution in [-0.2, 0) is 11.8 Å². The van der Waals surface area contributed by atoms with Gasteiger partial charge in [-0.25, -0.2) is 0 Å². The van der Waals surface area contributed by atoms with Gasteiger partial charge in [-0.05, 0) is 39.2 Å². The summed E-state index contributed by atoms with van der Waals surface area (Å²) in [6, 6.07) is 0.483. The second-order valence-corrected chi connectivity index (χ2v) is 8.04. The first-order valence-electron chi connectivity index (χ1n) is 10.4. The molecule has 2 saturated heterocycles. The van der Waals surface area contributed by atoms with E-state index in [-0.39, 0.29) is 6.10 Å². The molecule has 0 aliphatic carbocycles. The van der Waals surface area contributed by atoms with E-state index in [0.717, 1.165) is 43.6 Å². The van der Waals surface area contributed by atoms with Crippen LogP contribution in [0, 0.1) is 5.92 Å². The van der Waals surface area contributed by atoms with Crippen molar-refractivity contribution < 1.29 is 4.74 Å². The molecular weight excluding hydrogens is 340 g/mol. The molecule has 7 heteroatoms. The number of morpholine rings is 1. The Bertz CT molecular complexity index is 615. The highest BCUT2D eigenvalue weighted by molar-refractivity contribution is 5.80. The van der Waals surface area contributed by atoms with E-state index in [1.54, 1.807) is 0 Å². The molecule has 2 aliphatic rings. The lowest BCUT2D eigenvalue weighted by Gasteiger charge is -2.36. The van der Waals surface area contributed by atoms with Gasteiger partial charge in [0.25, 0.3) is 0 Å². The van der Waals surface area contributed by atoms with Gasteiger partial charge in [0.05, 0.1) is 25.9 Å². The molecule has 3 unspecified atom stereocenters. The third-order valence-electron chi connectivity index (χ3n) is 5.61. The minimum atomic E-state index is 0.0525. The zero-order valence-corrected chi connectivity index (χ0v) is 17.4. The zero-order valence-electron chi connectivity index (χ0n) is 17.4. The van der Waals surface area contributed by atoms with Crippen LogP contribution < -0.4 is 5.32 Å². The van der Waals surface area contributed by atoms with Crippen LogP contribution in [0.4, 0.5) is 0 Å². The minimum Gasteiger partial charge on any atom is -0.370 e. The van der Waals surface area contributed by atoms with Crippen molar-refractivity contribution in [3.63, 3.8) is 0 Å². The summed E-state index contributed by atoms with van der Waals surface area (Å²) in [5.74, 6) is 1.81. The Morgan fingerprint density at radius 1 is 1.41 bits per heavy atom. The van der Waals surface area contributed by atoms with Crippen LogP contribution >= 0.6 is 0 Å². The number of ether oxygens (including phenoxy) is 1. The van der Waals surface area contributed by atoms with Crippen LogP contribution in [0.5, 0.6) is 0 Å². The maximum atomic E-state index is 5.98. The molecule has 0 spiro atoms. The predicted octanol–water partition coefficient (Wildman–Crippen LogP) is 1.88. The van der Waals surface area contributed by atoms with Gasteiger partial charge in [-0.1, -0.05) is 6.92 Å². The lowest BCUT2D eigenvalue weighted by atomic mass is 9.99. The summed E-state index contributed by atoms with van der Waals surface area (Å²) in [7, 11) is 1.94. The SMILES string of the molecule is CCNC(=NCC(C)N1CCCC(C)C1)N1CCOC(c2cnn(C)c2)C1. The van der Waals surface area contributed by atoms with Crippen molar-refractivity contribution in [1.29, 1.82) is 0 Å². The molecule has 3 rings (SSSR count). The van der Waals surface area contributed by atoms with Gasteiger partial charge in [-0.15, -0.1) is 0 Å². The van der Waals surface area contributed by atoms with Crippen LogP contribution in [0.2, 0.25) is 0 Å². The summed E-state index contributed by atoms with van der Waals surface area (Å²) in [5.41, 5.74) is 1.13. The molecule has 0 bridgehead atoms. The number of rotatable bonds is 5. The van der Waals surface area contributed by atoms with Gasteiger partial charge in [0.15, 0.2) is 5.96 Å². The number of aromatic nitrogens is 2. The molecule has 0 saturated carbocycles. The molecule has 0 aromatic carbocycles. The molecule has 3 heterocycles. The molecule has 152 valence electrons. The molecule has 0 amide bonds. The first-order valence-corrected chi connectivity index (χ1v) is 10.4. The first kappa shape index (κ1) is 20.1. The van der Waals surface area contributed by atoms with Crippen LogP contribution in [0.3, 0.4) is 0 Å². The number of hydrogen-bond donors (Lipinski definition) is 1. The van der Waals surface area contributed by atoms with Crippen molar-refractivity contribution in [2.24, 2.45) is 18.0 Å². The molecule has 0 radical (unpaired) electrons. The Morgan fingerprint density at radius 2 is 2.26 bits per heavy atom. The fraction of sp³-hybridized carbons (Fsp3) is 0.800. The van der Waals surface area contributed by atoms with Gasteiger partial charge in [0.1, 0.15) is 6.10 Å². The Morgan fingerprint density at radius 3 is 2.96 bits per heavy atom. The van der Waals surface area contributed by atoms with Crippen LogP contribution in [0.15, 0.2) is 17.4 Å². The van der Waals surface area contributed by atoms with Gasteiger partial charge in [0.2, 0.25) is 0 Å². The van der Waals surface area contributed by atoms with Gasteiger partial charge in [0, 0.05) is 44.5 Å². The standard InChI is InChI=1S/C20H36N6O/c1-5-21-20(22-11-17(3)25-8-6-7-16(2)13-25)26-9-10-27-19(15-26)18-12-23-24(4)14-18/h12,14,16-17,19H,5-11,13,15H2,1-4H3,(H,21,22). The Kier molecular flexibility index (Phi) is 7.13. The second kappa shape index (κ2) is 9.55. The van der Waals surface area contributed by atoms with Gasteiger partial charge < -0.3 is 15.0 Å². The normalized spacial score (nSPS) is 26.2. The average Bonchev–Trinajstić information content (AvgIpc) is 3.11. The summed E-state index contributed by atoms with van der Waals surface area (Å²) >= 11 is 0. The van der Waals surface area contributed by atoms with E-state index in [1.165, 1.54) is 25.9 Å². The van der Waals surface area contributed by atoms with Gasteiger partial charge >= 0.3 is 0 Å². The summed E-state index contributed by atoms with van der Waals surface area (Å²) in [6.45, 7) is 13.3. The highest BCUT2D eigenvalue weighted by Crippen LogP contribution is 2.22.